The molecular weight excluding hydrogens is 214 g/mol. The fraction of sp³-hybridized carbons (Fsp3) is 0.462. The van der Waals surface area contributed by atoms with Crippen molar-refractivity contribution >= 4 is 11.5 Å². The van der Waals surface area contributed by atoms with Gasteiger partial charge >= 0.3 is 0 Å². The molecule has 1 aromatic carbocycles. The van der Waals surface area contributed by atoms with Gasteiger partial charge in [-0.05, 0) is 31.9 Å². The van der Waals surface area contributed by atoms with Crippen LogP contribution in [-0.2, 0) is 0 Å². The average Bonchev–Trinajstić information content (AvgIpc) is 2.79. The van der Waals surface area contributed by atoms with Gasteiger partial charge in [0.15, 0.2) is 6.10 Å². The lowest BCUT2D eigenvalue weighted by Crippen LogP contribution is -2.33. The van der Waals surface area contributed by atoms with Gasteiger partial charge in [0.25, 0.3) is 0 Å². The van der Waals surface area contributed by atoms with Crippen LogP contribution in [0.25, 0.3) is 0 Å². The second kappa shape index (κ2) is 4.65. The average molecular weight is 233 g/mol. The van der Waals surface area contributed by atoms with E-state index in [2.05, 4.69) is 10.3 Å². The predicted molar refractivity (Wildman–Crippen MR) is 70.7 cm³/mol. The lowest BCUT2D eigenvalue weighted by molar-refractivity contribution is 0.282. The third kappa shape index (κ3) is 2.52. The highest BCUT2D eigenvalue weighted by atomic mass is 16.5. The molecule has 2 rings (SSSR count). The van der Waals surface area contributed by atoms with Crippen LogP contribution in [0.15, 0.2) is 17.1 Å². The van der Waals surface area contributed by atoms with Crippen molar-refractivity contribution in [3.05, 3.63) is 23.3 Å². The van der Waals surface area contributed by atoms with Gasteiger partial charge in [0, 0.05) is 18.3 Å². The maximum absolute atomic E-state index is 5.89. The van der Waals surface area contributed by atoms with E-state index in [0.717, 1.165) is 41.5 Å². The molecule has 4 heteroatoms. The Hall–Kier alpha value is -1.71. The topological polar surface area (TPSA) is 59.6 Å². The highest BCUT2D eigenvalue weighted by Gasteiger charge is 2.16. The van der Waals surface area contributed by atoms with Crippen LogP contribution in [-0.4, -0.2) is 25.0 Å². The minimum Gasteiger partial charge on any atom is -0.482 e. The van der Waals surface area contributed by atoms with Crippen molar-refractivity contribution in [1.82, 2.24) is 5.32 Å². The van der Waals surface area contributed by atoms with Gasteiger partial charge in [-0.2, -0.15) is 0 Å². The molecule has 0 radical (unpaired) electrons. The monoisotopic (exact) mass is 233 g/mol. The SMILES string of the molecule is Cc1cc(C)c(OC(C)C2=NCCN2)cc1N. The highest BCUT2D eigenvalue weighted by Crippen LogP contribution is 2.25. The number of rotatable bonds is 3. The summed E-state index contributed by atoms with van der Waals surface area (Å²) in [5.41, 5.74) is 8.84. The summed E-state index contributed by atoms with van der Waals surface area (Å²) in [6.45, 7) is 7.75. The number of nitrogens with one attached hydrogen (secondary N) is 1. The number of hydrogen-bond donors (Lipinski definition) is 2. The Morgan fingerprint density at radius 1 is 1.35 bits per heavy atom. The van der Waals surface area contributed by atoms with Crippen LogP contribution in [0.4, 0.5) is 5.69 Å². The number of benzene rings is 1. The first-order chi connectivity index (χ1) is 8.08. The van der Waals surface area contributed by atoms with E-state index in [9.17, 15) is 0 Å². The first kappa shape index (κ1) is 11.8. The molecule has 1 unspecified atom stereocenters. The first-order valence-corrected chi connectivity index (χ1v) is 5.89. The summed E-state index contributed by atoms with van der Waals surface area (Å²) in [6, 6.07) is 3.93. The Morgan fingerprint density at radius 3 is 2.76 bits per heavy atom. The number of hydrogen-bond acceptors (Lipinski definition) is 4. The van der Waals surface area contributed by atoms with Gasteiger partial charge < -0.3 is 15.8 Å². The summed E-state index contributed by atoms with van der Waals surface area (Å²) in [4.78, 5) is 4.35. The largest absolute Gasteiger partial charge is 0.482 e. The summed E-state index contributed by atoms with van der Waals surface area (Å²) in [6.07, 6.45) is -0.0571. The van der Waals surface area contributed by atoms with Crippen LogP contribution in [0.2, 0.25) is 0 Å². The van der Waals surface area contributed by atoms with Crippen molar-refractivity contribution in [2.75, 3.05) is 18.8 Å². The quantitative estimate of drug-likeness (QED) is 0.780. The van der Waals surface area contributed by atoms with Crippen LogP contribution in [0.1, 0.15) is 18.1 Å². The van der Waals surface area contributed by atoms with Crippen molar-refractivity contribution < 1.29 is 4.74 Å². The number of aryl methyl sites for hydroxylation is 2. The maximum atomic E-state index is 5.89. The van der Waals surface area contributed by atoms with Gasteiger partial charge in [-0.25, -0.2) is 0 Å². The predicted octanol–water partition coefficient (Wildman–Crippen LogP) is 1.65. The van der Waals surface area contributed by atoms with Crippen LogP contribution in [0, 0.1) is 13.8 Å². The van der Waals surface area contributed by atoms with Gasteiger partial charge in [0.05, 0.1) is 6.54 Å². The molecule has 92 valence electrons. The fourth-order valence-electron chi connectivity index (χ4n) is 1.91. The van der Waals surface area contributed by atoms with Gasteiger partial charge in [0.1, 0.15) is 11.6 Å². The molecule has 4 nitrogen and oxygen atoms in total. The van der Waals surface area contributed by atoms with E-state index >= 15 is 0 Å². The van der Waals surface area contributed by atoms with Crippen LogP contribution >= 0.6 is 0 Å². The number of nitrogen functional groups attached to an aromatic ring is 1. The molecule has 1 aliphatic rings. The molecule has 0 bridgehead atoms. The minimum atomic E-state index is -0.0571. The standard InChI is InChI=1S/C13H19N3O/c1-8-6-9(2)12(7-11(8)14)17-10(3)13-15-4-5-16-13/h6-7,10H,4-5,14H2,1-3H3,(H,15,16). The second-order valence-corrected chi connectivity index (χ2v) is 4.43. The molecule has 0 spiro atoms. The highest BCUT2D eigenvalue weighted by molar-refractivity contribution is 5.87. The van der Waals surface area contributed by atoms with Crippen molar-refractivity contribution in [2.24, 2.45) is 4.99 Å². The number of ether oxygens (including phenoxy) is 1. The van der Waals surface area contributed by atoms with E-state index in [1.54, 1.807) is 0 Å². The molecule has 1 atom stereocenters. The lowest BCUT2D eigenvalue weighted by atomic mass is 10.1. The van der Waals surface area contributed by atoms with E-state index in [1.165, 1.54) is 0 Å². The number of nitrogens with zero attached hydrogens (tertiary/aromatic N) is 1. The summed E-state index contributed by atoms with van der Waals surface area (Å²) < 4.78 is 5.89. The summed E-state index contributed by atoms with van der Waals surface area (Å²) in [5.74, 6) is 1.75. The van der Waals surface area contributed by atoms with Gasteiger partial charge in [-0.3, -0.25) is 4.99 Å². The molecule has 1 heterocycles. The number of aliphatic imine (C=N–C) groups is 1. The van der Waals surface area contributed by atoms with Crippen molar-refractivity contribution in [3.63, 3.8) is 0 Å². The maximum Gasteiger partial charge on any atom is 0.152 e. The number of amidine groups is 1. The van der Waals surface area contributed by atoms with E-state index in [-0.39, 0.29) is 6.10 Å². The summed E-state index contributed by atoms with van der Waals surface area (Å²) in [7, 11) is 0. The third-order valence-electron chi connectivity index (χ3n) is 2.95. The zero-order valence-corrected chi connectivity index (χ0v) is 10.6. The zero-order valence-electron chi connectivity index (χ0n) is 10.6. The van der Waals surface area contributed by atoms with Gasteiger partial charge in [-0.1, -0.05) is 6.07 Å². The fourth-order valence-corrected chi connectivity index (χ4v) is 1.91. The molecule has 3 N–H and O–H groups in total. The number of anilines is 1. The van der Waals surface area contributed by atoms with E-state index in [4.69, 9.17) is 10.5 Å². The Morgan fingerprint density at radius 2 is 2.12 bits per heavy atom. The zero-order chi connectivity index (χ0) is 12.4. The van der Waals surface area contributed by atoms with Crippen molar-refractivity contribution in [2.45, 2.75) is 26.9 Å². The van der Waals surface area contributed by atoms with Gasteiger partial charge in [-0.15, -0.1) is 0 Å². The van der Waals surface area contributed by atoms with E-state index in [1.807, 2.05) is 32.9 Å². The Labute approximate surface area is 102 Å². The summed E-state index contributed by atoms with van der Waals surface area (Å²) >= 11 is 0. The van der Waals surface area contributed by atoms with Crippen molar-refractivity contribution in [3.8, 4) is 5.75 Å². The molecule has 0 aliphatic carbocycles. The second-order valence-electron chi connectivity index (χ2n) is 4.43. The third-order valence-corrected chi connectivity index (χ3v) is 2.95. The molecule has 1 aromatic rings. The first-order valence-electron chi connectivity index (χ1n) is 5.89. The Balaban J connectivity index is 2.15. The molecule has 17 heavy (non-hydrogen) atoms. The number of nitrogens with two attached hydrogens (primary N) is 1. The van der Waals surface area contributed by atoms with Gasteiger partial charge in [0.2, 0.25) is 0 Å². The van der Waals surface area contributed by atoms with Crippen LogP contribution < -0.4 is 15.8 Å². The molecule has 0 fully saturated rings. The van der Waals surface area contributed by atoms with E-state index in [0.29, 0.717) is 0 Å². The lowest BCUT2D eigenvalue weighted by Gasteiger charge is -2.17. The molecule has 0 aromatic heterocycles. The summed E-state index contributed by atoms with van der Waals surface area (Å²) in [5, 5.41) is 3.22. The molecule has 0 amide bonds. The molecule has 1 aliphatic heterocycles. The molecular formula is C13H19N3O. The van der Waals surface area contributed by atoms with E-state index < -0.39 is 0 Å². The Kier molecular flexibility index (Phi) is 3.22. The van der Waals surface area contributed by atoms with Crippen LogP contribution in [0.5, 0.6) is 5.75 Å². The van der Waals surface area contributed by atoms with Crippen LogP contribution in [0.3, 0.4) is 0 Å². The van der Waals surface area contributed by atoms with Crippen molar-refractivity contribution in [1.29, 1.82) is 0 Å². The molecule has 0 saturated carbocycles. The Bertz CT molecular complexity index is 454. The minimum absolute atomic E-state index is 0.0571. The smallest absolute Gasteiger partial charge is 0.152 e. The normalized spacial score (nSPS) is 16.3. The molecule has 0 saturated heterocycles.